The zero-order chi connectivity index (χ0) is 79.8. The number of hydrogen-bond acceptors (Lipinski definition) is 36. The van der Waals surface area contributed by atoms with Gasteiger partial charge in [-0.3, -0.25) is 20.0 Å². The van der Waals surface area contributed by atoms with Crippen LogP contribution in [0.4, 0.5) is 0 Å². The zero-order valence-corrected chi connectivity index (χ0v) is 72.0. The van der Waals surface area contributed by atoms with Gasteiger partial charge in [-0.05, 0) is 59.6 Å². The van der Waals surface area contributed by atoms with Gasteiger partial charge in [-0.25, -0.2) is 0 Å². The van der Waals surface area contributed by atoms with Crippen LogP contribution < -0.4 is 102 Å². The van der Waals surface area contributed by atoms with E-state index in [1.165, 1.54) is 53.3 Å². The summed E-state index contributed by atoms with van der Waals surface area (Å²) < 4.78 is 19.4. The summed E-state index contributed by atoms with van der Waals surface area (Å²) in [4.78, 5) is 71.4. The number of carboxylic acid groups (broad SMARTS) is 4. The van der Waals surface area contributed by atoms with Crippen molar-refractivity contribution in [1.29, 1.82) is 0 Å². The van der Waals surface area contributed by atoms with Gasteiger partial charge >= 0.3 is 186 Å². The number of hydrogen-bond donors (Lipinski definition) is 2. The van der Waals surface area contributed by atoms with Crippen molar-refractivity contribution < 1.29 is 317 Å². The molecule has 0 bridgehead atoms. The van der Waals surface area contributed by atoms with Gasteiger partial charge in [0.05, 0.1) is 38.6 Å². The molecule has 0 spiro atoms. The fourth-order valence-corrected chi connectivity index (χ4v) is 4.04. The maximum absolute atomic E-state index is 11.5. The fraction of sp³-hybridized carbons (Fsp3) is 0.500. The Morgan fingerprint density at radius 3 is 0.565 bits per heavy atom. The Bertz CT molecular complexity index is 2600. The van der Waals surface area contributed by atoms with Crippen LogP contribution in [-0.4, -0.2) is 177 Å². The van der Waals surface area contributed by atoms with E-state index in [-0.39, 0.29) is 322 Å². The minimum Gasteiger partial charge on any atom is -0.870 e. The Morgan fingerprint density at radius 1 is 0.361 bits per heavy atom. The molecule has 0 aromatic heterocycles. The molecule has 0 aliphatic rings. The number of carboxylic acids is 4. The van der Waals surface area contributed by atoms with E-state index in [1.54, 1.807) is 156 Å². The molecule has 0 amide bonds. The molecule has 44 heteroatoms. The summed E-state index contributed by atoms with van der Waals surface area (Å²) in [5.41, 5.74) is 8.42. The predicted molar refractivity (Wildman–Crippen MR) is 349 cm³/mol. The van der Waals surface area contributed by atoms with E-state index in [1.807, 2.05) is 0 Å². The Kier molecular flexibility index (Phi) is 117. The average Bonchev–Trinajstić information content (AvgIpc) is 0.883. The number of methoxy groups -OCH3 is 4. The second-order valence-corrected chi connectivity index (χ2v) is 22.1. The molecule has 4 rings (SSSR count). The van der Waals surface area contributed by atoms with Crippen molar-refractivity contribution in [2.75, 3.05) is 107 Å². The molecular formula is C64H94Co2Dy4N8O30. The molecule has 38 nitrogen and oxygen atoms in total. The number of benzene rings is 4. The third kappa shape index (κ3) is 92.5. The van der Waals surface area contributed by atoms with E-state index < -0.39 is 55.7 Å². The molecule has 628 valence electrons. The molecular weight excluding hydrogens is 2130 g/mol. The van der Waals surface area contributed by atoms with Crippen molar-refractivity contribution in [2.45, 2.75) is 83.1 Å². The number of aliphatic imine (C=N–C) groups is 4. The largest absolute Gasteiger partial charge is 3.00 e. The summed E-state index contributed by atoms with van der Waals surface area (Å²) in [6, 6.07) is 19.7. The Balaban J connectivity index is -0.0000000623. The molecule has 0 saturated carbocycles. The van der Waals surface area contributed by atoms with Crippen LogP contribution in [0.5, 0.6) is 46.0 Å². The van der Waals surface area contributed by atoms with Gasteiger partial charge in [-0.2, -0.15) is 0 Å². The zero-order valence-electron chi connectivity index (χ0n) is 61.8. The number of para-hydroxylation sites is 4. The van der Waals surface area contributed by atoms with Crippen molar-refractivity contribution in [2.24, 2.45) is 53.1 Å². The monoisotopic (exact) mass is 2230 g/mol. The van der Waals surface area contributed by atoms with E-state index in [0.29, 0.717) is 22.3 Å². The van der Waals surface area contributed by atoms with E-state index in [0.717, 1.165) is 0 Å². The van der Waals surface area contributed by atoms with E-state index in [9.17, 15) is 90.7 Å². The second-order valence-electron chi connectivity index (χ2n) is 22.1. The maximum atomic E-state index is 11.5. The Morgan fingerprint density at radius 2 is 0.481 bits per heavy atom. The number of nitrogens with zero attached hydrogens (tertiary/aromatic N) is 6. The summed E-state index contributed by atoms with van der Waals surface area (Å²) in [6.07, 6.45) is 5.62. The van der Waals surface area contributed by atoms with Crippen LogP contribution in [0.15, 0.2) is 92.8 Å². The van der Waals surface area contributed by atoms with Crippen LogP contribution in [0.25, 0.3) is 0 Å². The molecule has 4 aromatic carbocycles. The molecule has 4 radical (unpaired) electrons. The first-order valence-corrected chi connectivity index (χ1v) is 29.0. The molecule has 108 heavy (non-hydrogen) atoms. The normalized spacial score (nSPS) is 9.48. The van der Waals surface area contributed by atoms with Crippen molar-refractivity contribution in [1.82, 2.24) is 0 Å². The van der Waals surface area contributed by atoms with E-state index >= 15 is 0 Å². The van der Waals surface area contributed by atoms with Crippen molar-refractivity contribution >= 4 is 48.7 Å². The molecule has 6 N–H and O–H groups in total. The first kappa shape index (κ1) is 142. The maximum Gasteiger partial charge on any atom is 3.00 e. The van der Waals surface area contributed by atoms with Gasteiger partial charge in [0.25, 0.3) is 0 Å². The number of carbonyl (C=O) groups is 4. The Labute approximate surface area is 771 Å². The minimum atomic E-state index is -1.75. The molecule has 0 aliphatic carbocycles. The SMILES string of the molecule is CC(C)(C)C(=O)[O-].CC(C)(C)C(=O)[O-].CC(C)(C)C(=O)[O-].CC(C)(C)C(=O)[O-].COc1cccc(C=NCC[O-])c1[O-].COc1cccc(C=NCC[O-])c1[O-].COc1cccc(C=NCC[O-])c1[O-].COc1cccc(C=NCC[O-])c1[O-].NCC[O-].NCC[O-].O=[N+]([O-])[O-].O=[N+]([O-])[O-].[Co+3].[Co+3].[Dy+3].[Dy+3].[Dy+3].[Dy+3].[OH-].[OH-]. The van der Waals surface area contributed by atoms with Gasteiger partial charge in [-0.1, -0.05) is 155 Å². The summed E-state index contributed by atoms with van der Waals surface area (Å²) in [6.45, 7) is 19.1. The van der Waals surface area contributed by atoms with Gasteiger partial charge in [-0.15, -0.1) is 39.6 Å². The third-order valence-electron chi connectivity index (χ3n) is 9.41. The van der Waals surface area contributed by atoms with Crippen LogP contribution in [0, 0.1) is 205 Å². The minimum absolute atomic E-state index is 0. The molecule has 0 saturated heterocycles. The molecule has 0 aliphatic heterocycles. The quantitative estimate of drug-likeness (QED) is 0.0531. The van der Waals surface area contributed by atoms with Crippen molar-refractivity contribution in [3.8, 4) is 46.0 Å². The van der Waals surface area contributed by atoms with Gasteiger partial charge < -0.3 is 163 Å². The molecule has 0 heterocycles. The summed E-state index contributed by atoms with van der Waals surface area (Å²) >= 11 is 0. The predicted octanol–water partition coefficient (Wildman–Crippen LogP) is -6.90. The molecule has 0 fully saturated rings. The second kappa shape index (κ2) is 88.5. The third-order valence-corrected chi connectivity index (χ3v) is 9.41. The number of nitrogens with two attached hydrogens (primary N) is 2. The van der Waals surface area contributed by atoms with Gasteiger partial charge in [0.2, 0.25) is 0 Å². The first-order chi connectivity index (χ1) is 46.2. The number of rotatable bonds is 18. The van der Waals surface area contributed by atoms with Gasteiger partial charge in [0.1, 0.15) is 23.0 Å². The molecule has 0 atom stereocenters. The van der Waals surface area contributed by atoms with Crippen molar-refractivity contribution in [3.63, 3.8) is 0 Å². The summed E-state index contributed by atoms with van der Waals surface area (Å²) in [7, 11) is 5.76. The van der Waals surface area contributed by atoms with Crippen molar-refractivity contribution in [3.05, 3.63) is 126 Å². The average molecular weight is 2220 g/mol. The van der Waals surface area contributed by atoms with Crippen LogP contribution in [0.3, 0.4) is 0 Å². The summed E-state index contributed by atoms with van der Waals surface area (Å²) in [5, 5.41) is 174. The first-order valence-electron chi connectivity index (χ1n) is 29.0. The van der Waals surface area contributed by atoms with Gasteiger partial charge in [0, 0.05) is 96.6 Å². The number of aliphatic carboxylic acids is 4. The van der Waals surface area contributed by atoms with Crippen LogP contribution in [-0.2, 0) is 52.7 Å². The van der Waals surface area contributed by atoms with Crippen LogP contribution in [0.1, 0.15) is 105 Å². The smallest absolute Gasteiger partial charge is 0.870 e. The van der Waals surface area contributed by atoms with Crippen LogP contribution >= 0.6 is 0 Å². The van der Waals surface area contributed by atoms with Crippen LogP contribution in [0.2, 0.25) is 0 Å². The number of carbonyl (C=O) groups excluding carboxylic acids is 4. The standard InChI is InChI=1S/4C10H12NO3.4C5H10O2.2C2H6NO.2Co.4Dy.2NO3.2H2O/c4*1-14-9-4-2-3-8(10(9)13)7-11-5-6-12;4*1-5(2,3)4(6)7;2*3-1-2-4;;;;;;;2*2-1(3)4;;/h4*2-4,7,13H,5-6H2,1H3;4*1-3H3,(H,6,7);2*1-3H2;;;;;;;;;2*1H2/q4*-1;;;;;2*-1;6*+3;2*-1;;/p-10. The Hall–Kier alpha value is -4.06. The summed E-state index contributed by atoms with van der Waals surface area (Å²) in [5.74, 6) is -3.69. The van der Waals surface area contributed by atoms with Gasteiger partial charge in [0.15, 0.2) is 0 Å². The molecule has 0 unspecified atom stereocenters. The topological polar surface area (TPSA) is 722 Å². The number of ether oxygens (including phenoxy) is 4. The fourth-order valence-electron chi connectivity index (χ4n) is 4.04. The van der Waals surface area contributed by atoms with E-state index in [4.69, 9.17) is 61.1 Å². The van der Waals surface area contributed by atoms with E-state index in [2.05, 4.69) is 20.0 Å². The molecule has 4 aromatic rings.